The average molecular weight is 299 g/mol. The van der Waals surface area contributed by atoms with Gasteiger partial charge in [-0.05, 0) is 42.3 Å². The SMILES string of the molecule is Cc1nc(NCCF)c2cc(-c3ccc(F)cc3)ccc2n1. The third-order valence-corrected chi connectivity index (χ3v) is 3.37. The highest BCUT2D eigenvalue weighted by atomic mass is 19.1. The van der Waals surface area contributed by atoms with Crippen LogP contribution in [-0.2, 0) is 0 Å². The third-order valence-electron chi connectivity index (χ3n) is 3.37. The van der Waals surface area contributed by atoms with E-state index in [4.69, 9.17) is 0 Å². The number of anilines is 1. The molecule has 2 aromatic carbocycles. The van der Waals surface area contributed by atoms with Gasteiger partial charge in [0.1, 0.15) is 24.1 Å². The Morgan fingerprint density at radius 2 is 1.73 bits per heavy atom. The Morgan fingerprint density at radius 1 is 1.00 bits per heavy atom. The van der Waals surface area contributed by atoms with Gasteiger partial charge in [0.15, 0.2) is 0 Å². The molecule has 0 aliphatic carbocycles. The first-order chi connectivity index (χ1) is 10.7. The second kappa shape index (κ2) is 6.05. The van der Waals surface area contributed by atoms with E-state index < -0.39 is 6.67 Å². The highest BCUT2D eigenvalue weighted by molar-refractivity contribution is 5.92. The molecule has 0 aliphatic rings. The quantitative estimate of drug-likeness (QED) is 0.787. The fourth-order valence-electron chi connectivity index (χ4n) is 2.37. The van der Waals surface area contributed by atoms with Crippen molar-refractivity contribution < 1.29 is 8.78 Å². The number of nitrogens with one attached hydrogen (secondary N) is 1. The van der Waals surface area contributed by atoms with E-state index in [0.29, 0.717) is 11.6 Å². The fourth-order valence-corrected chi connectivity index (χ4v) is 2.37. The predicted molar refractivity (Wildman–Crippen MR) is 84.1 cm³/mol. The van der Waals surface area contributed by atoms with Gasteiger partial charge in [0.25, 0.3) is 0 Å². The highest BCUT2D eigenvalue weighted by Gasteiger charge is 2.08. The van der Waals surface area contributed by atoms with Crippen molar-refractivity contribution in [2.24, 2.45) is 0 Å². The normalized spacial score (nSPS) is 10.9. The van der Waals surface area contributed by atoms with Crippen LogP contribution in [-0.4, -0.2) is 23.2 Å². The molecule has 1 N–H and O–H groups in total. The van der Waals surface area contributed by atoms with Crippen molar-refractivity contribution in [3.63, 3.8) is 0 Å². The molecular formula is C17H15F2N3. The van der Waals surface area contributed by atoms with Crippen molar-refractivity contribution >= 4 is 16.7 Å². The highest BCUT2D eigenvalue weighted by Crippen LogP contribution is 2.27. The lowest BCUT2D eigenvalue weighted by molar-refractivity contribution is 0.512. The summed E-state index contributed by atoms with van der Waals surface area (Å²) in [6.45, 7) is 1.53. The van der Waals surface area contributed by atoms with Crippen molar-refractivity contribution in [3.8, 4) is 11.1 Å². The lowest BCUT2D eigenvalue weighted by Gasteiger charge is -2.10. The molecule has 0 bridgehead atoms. The number of benzene rings is 2. The minimum absolute atomic E-state index is 0.201. The van der Waals surface area contributed by atoms with Crippen molar-refractivity contribution in [1.82, 2.24) is 9.97 Å². The molecule has 0 unspecified atom stereocenters. The molecule has 0 saturated carbocycles. The van der Waals surface area contributed by atoms with E-state index in [1.807, 2.05) is 18.2 Å². The molecule has 3 aromatic rings. The number of aromatic nitrogens is 2. The van der Waals surface area contributed by atoms with Crippen molar-refractivity contribution in [2.45, 2.75) is 6.92 Å². The number of halogens is 2. The van der Waals surface area contributed by atoms with Crippen LogP contribution in [0.3, 0.4) is 0 Å². The van der Waals surface area contributed by atoms with Gasteiger partial charge in [-0.2, -0.15) is 0 Å². The van der Waals surface area contributed by atoms with Crippen LogP contribution in [0.5, 0.6) is 0 Å². The van der Waals surface area contributed by atoms with Crippen LogP contribution < -0.4 is 5.32 Å². The summed E-state index contributed by atoms with van der Waals surface area (Å²) in [5, 5.41) is 3.80. The van der Waals surface area contributed by atoms with Gasteiger partial charge in [-0.15, -0.1) is 0 Å². The molecule has 1 heterocycles. The lowest BCUT2D eigenvalue weighted by atomic mass is 10.0. The largest absolute Gasteiger partial charge is 0.367 e. The summed E-state index contributed by atoms with van der Waals surface area (Å²) >= 11 is 0. The monoisotopic (exact) mass is 299 g/mol. The van der Waals surface area contributed by atoms with E-state index in [0.717, 1.165) is 22.0 Å². The van der Waals surface area contributed by atoms with Gasteiger partial charge in [-0.25, -0.2) is 18.7 Å². The Bertz CT molecular complexity index is 801. The molecule has 112 valence electrons. The summed E-state index contributed by atoms with van der Waals surface area (Å²) in [7, 11) is 0. The van der Waals surface area contributed by atoms with Crippen molar-refractivity contribution in [2.75, 3.05) is 18.5 Å². The van der Waals surface area contributed by atoms with Gasteiger partial charge < -0.3 is 5.32 Å². The van der Waals surface area contributed by atoms with E-state index in [1.54, 1.807) is 19.1 Å². The number of hydrogen-bond acceptors (Lipinski definition) is 3. The van der Waals surface area contributed by atoms with Crippen molar-refractivity contribution in [3.05, 3.63) is 54.1 Å². The number of alkyl halides is 1. The van der Waals surface area contributed by atoms with Crippen LogP contribution in [0.25, 0.3) is 22.0 Å². The van der Waals surface area contributed by atoms with Crippen LogP contribution in [0.15, 0.2) is 42.5 Å². The summed E-state index contributed by atoms with van der Waals surface area (Å²) in [6, 6.07) is 12.0. The van der Waals surface area contributed by atoms with Crippen LogP contribution in [0.1, 0.15) is 5.82 Å². The molecule has 5 heteroatoms. The first-order valence-electron chi connectivity index (χ1n) is 7.01. The molecule has 0 spiro atoms. The van der Waals surface area contributed by atoms with Crippen LogP contribution in [0.4, 0.5) is 14.6 Å². The van der Waals surface area contributed by atoms with Crippen LogP contribution in [0, 0.1) is 12.7 Å². The zero-order chi connectivity index (χ0) is 15.5. The van der Waals surface area contributed by atoms with Crippen LogP contribution in [0.2, 0.25) is 0 Å². The minimum atomic E-state index is -0.470. The van der Waals surface area contributed by atoms with E-state index in [1.165, 1.54) is 12.1 Å². The summed E-state index contributed by atoms with van der Waals surface area (Å²) in [4.78, 5) is 8.73. The van der Waals surface area contributed by atoms with Gasteiger partial charge in [-0.3, -0.25) is 0 Å². The Balaban J connectivity index is 2.11. The second-order valence-corrected chi connectivity index (χ2v) is 4.97. The number of rotatable bonds is 4. The minimum Gasteiger partial charge on any atom is -0.367 e. The molecule has 0 radical (unpaired) electrons. The lowest BCUT2D eigenvalue weighted by Crippen LogP contribution is -2.07. The molecule has 0 fully saturated rings. The Morgan fingerprint density at radius 3 is 2.45 bits per heavy atom. The summed E-state index contributed by atoms with van der Waals surface area (Å²) < 4.78 is 25.5. The van der Waals surface area contributed by atoms with Gasteiger partial charge in [-0.1, -0.05) is 18.2 Å². The first-order valence-corrected chi connectivity index (χ1v) is 7.01. The van der Waals surface area contributed by atoms with Crippen LogP contribution >= 0.6 is 0 Å². The first kappa shape index (κ1) is 14.4. The maximum Gasteiger partial charge on any atom is 0.137 e. The summed E-state index contributed by atoms with van der Waals surface area (Å²) in [5.41, 5.74) is 2.63. The van der Waals surface area contributed by atoms with Crippen molar-refractivity contribution in [1.29, 1.82) is 0 Å². The maximum absolute atomic E-state index is 13.0. The summed E-state index contributed by atoms with van der Waals surface area (Å²) in [6.07, 6.45) is 0. The zero-order valence-electron chi connectivity index (χ0n) is 12.1. The van der Waals surface area contributed by atoms with Gasteiger partial charge in [0, 0.05) is 11.9 Å². The fraction of sp³-hybridized carbons (Fsp3) is 0.176. The number of fused-ring (bicyclic) bond motifs is 1. The molecule has 0 amide bonds. The van der Waals surface area contributed by atoms with Gasteiger partial charge >= 0.3 is 0 Å². The molecule has 3 rings (SSSR count). The van der Waals surface area contributed by atoms with Gasteiger partial charge in [0.05, 0.1) is 5.52 Å². The van der Waals surface area contributed by atoms with Gasteiger partial charge in [0.2, 0.25) is 0 Å². The molecule has 1 aromatic heterocycles. The molecule has 0 saturated heterocycles. The third kappa shape index (κ3) is 2.88. The number of hydrogen-bond donors (Lipinski definition) is 1. The topological polar surface area (TPSA) is 37.8 Å². The molecule has 0 aliphatic heterocycles. The molecule has 3 nitrogen and oxygen atoms in total. The molecular weight excluding hydrogens is 284 g/mol. The van der Waals surface area contributed by atoms with E-state index in [-0.39, 0.29) is 12.4 Å². The number of aryl methyl sites for hydroxylation is 1. The summed E-state index contributed by atoms with van der Waals surface area (Å²) in [5.74, 6) is 0.973. The Labute approximate surface area is 127 Å². The maximum atomic E-state index is 13.0. The van der Waals surface area contributed by atoms with E-state index >= 15 is 0 Å². The smallest absolute Gasteiger partial charge is 0.137 e. The molecule has 0 atom stereocenters. The Hall–Kier alpha value is -2.56. The predicted octanol–water partition coefficient (Wildman–Crippen LogP) is 4.13. The van der Waals surface area contributed by atoms with E-state index in [2.05, 4.69) is 15.3 Å². The second-order valence-electron chi connectivity index (χ2n) is 4.97. The standard InChI is InChI=1S/C17H15F2N3/c1-11-21-16-7-4-13(12-2-5-14(19)6-3-12)10-15(16)17(22-11)20-9-8-18/h2-7,10H,8-9H2,1H3,(H,20,21,22). The Kier molecular flexibility index (Phi) is 3.96. The van der Waals surface area contributed by atoms with E-state index in [9.17, 15) is 8.78 Å². The zero-order valence-corrected chi connectivity index (χ0v) is 12.1. The average Bonchev–Trinajstić information content (AvgIpc) is 2.53. The number of nitrogens with zero attached hydrogens (tertiary/aromatic N) is 2. The molecule has 22 heavy (non-hydrogen) atoms.